The van der Waals surface area contributed by atoms with Gasteiger partial charge in [-0.1, -0.05) is 35.6 Å². The van der Waals surface area contributed by atoms with Crippen molar-refractivity contribution in [3.8, 4) is 5.69 Å². The van der Waals surface area contributed by atoms with Gasteiger partial charge in [-0.15, -0.1) is 0 Å². The van der Waals surface area contributed by atoms with Gasteiger partial charge in [-0.05, 0) is 57.0 Å². The van der Waals surface area contributed by atoms with Crippen LogP contribution in [-0.2, 0) is 4.79 Å². The van der Waals surface area contributed by atoms with Crippen LogP contribution in [0, 0.1) is 27.7 Å². The minimum atomic E-state index is -0.711. The Bertz CT molecular complexity index is 1260. The van der Waals surface area contributed by atoms with Crippen molar-refractivity contribution in [2.75, 3.05) is 5.32 Å². The molecule has 0 saturated carbocycles. The summed E-state index contributed by atoms with van der Waals surface area (Å²) in [6.07, 6.45) is 0. The number of hydrogen-bond donors (Lipinski definition) is 1. The smallest absolute Gasteiger partial charge is 0.295 e. The lowest BCUT2D eigenvalue weighted by molar-refractivity contribution is -0.112. The molecular weight excluding hydrogens is 384 g/mol. The number of benzene rings is 2. The number of amides is 1. The van der Waals surface area contributed by atoms with Gasteiger partial charge in [0, 0.05) is 0 Å². The molecule has 0 unspecified atom stereocenters. The second kappa shape index (κ2) is 7.25. The maximum atomic E-state index is 12.9. The van der Waals surface area contributed by atoms with Crippen molar-refractivity contribution in [1.82, 2.24) is 14.8 Å². The molecule has 6 nitrogen and oxygen atoms in total. The average molecular weight is 404 g/mol. The van der Waals surface area contributed by atoms with E-state index in [0.717, 1.165) is 27.0 Å². The molecule has 0 saturated heterocycles. The summed E-state index contributed by atoms with van der Waals surface area (Å²) >= 11 is 1.36. The molecule has 1 N–H and O–H groups in total. The zero-order valence-electron chi connectivity index (χ0n) is 16.6. The largest absolute Gasteiger partial charge is 0.298 e. The van der Waals surface area contributed by atoms with Crippen molar-refractivity contribution in [3.63, 3.8) is 0 Å². The number of hydrogen-bond acceptors (Lipinski definition) is 5. The molecule has 0 radical (unpaired) electrons. The monoisotopic (exact) mass is 404 g/mol. The van der Waals surface area contributed by atoms with Gasteiger partial charge in [0.15, 0.2) is 5.13 Å². The maximum absolute atomic E-state index is 12.9. The van der Waals surface area contributed by atoms with Crippen molar-refractivity contribution >= 4 is 38.4 Å². The first kappa shape index (κ1) is 19.0. The predicted octanol–water partition coefficient (Wildman–Crippen LogP) is 4.54. The quantitative estimate of drug-likeness (QED) is 0.400. The Hall–Kier alpha value is -3.32. The molecule has 2 aromatic heterocycles. The molecule has 0 atom stereocenters. The maximum Gasteiger partial charge on any atom is 0.298 e. The predicted molar refractivity (Wildman–Crippen MR) is 115 cm³/mol. The van der Waals surface area contributed by atoms with Crippen LogP contribution >= 0.6 is 11.3 Å². The topological polar surface area (TPSA) is 76.9 Å². The molecular formula is C22H20N4O2S. The number of nitrogens with zero attached hydrogens (tertiary/aromatic N) is 3. The Labute approximate surface area is 172 Å². The van der Waals surface area contributed by atoms with E-state index in [4.69, 9.17) is 0 Å². The highest BCUT2D eigenvalue weighted by Crippen LogP contribution is 2.29. The van der Waals surface area contributed by atoms with E-state index in [0.29, 0.717) is 22.1 Å². The summed E-state index contributed by atoms with van der Waals surface area (Å²) in [6.45, 7) is 7.52. The molecule has 0 spiro atoms. The normalized spacial score (nSPS) is 11.0. The minimum absolute atomic E-state index is 0.319. The minimum Gasteiger partial charge on any atom is -0.295 e. The summed E-state index contributed by atoms with van der Waals surface area (Å²) in [6, 6.07) is 13.6. The van der Waals surface area contributed by atoms with Gasteiger partial charge in [0.05, 0.1) is 32.9 Å². The number of ketones is 1. The first-order chi connectivity index (χ1) is 13.8. The number of carbonyl (C=O) groups is 2. The van der Waals surface area contributed by atoms with E-state index in [-0.39, 0.29) is 0 Å². The first-order valence-electron chi connectivity index (χ1n) is 9.20. The zero-order valence-corrected chi connectivity index (χ0v) is 17.4. The number of anilines is 1. The van der Waals surface area contributed by atoms with E-state index in [9.17, 15) is 9.59 Å². The van der Waals surface area contributed by atoms with E-state index < -0.39 is 11.7 Å². The summed E-state index contributed by atoms with van der Waals surface area (Å²) in [5, 5.41) is 7.53. The molecule has 146 valence electrons. The van der Waals surface area contributed by atoms with Crippen LogP contribution in [0.2, 0.25) is 0 Å². The molecule has 2 aromatic carbocycles. The third-order valence-corrected chi connectivity index (χ3v) is 5.69. The van der Waals surface area contributed by atoms with Crippen LogP contribution in [0.3, 0.4) is 0 Å². The van der Waals surface area contributed by atoms with Crippen LogP contribution in [-0.4, -0.2) is 26.5 Å². The van der Waals surface area contributed by atoms with Crippen LogP contribution in [0.15, 0.2) is 42.5 Å². The number of aryl methyl sites for hydroxylation is 3. The summed E-state index contributed by atoms with van der Waals surface area (Å²) in [4.78, 5) is 30.0. The number of para-hydroxylation sites is 1. The third kappa shape index (κ3) is 3.45. The van der Waals surface area contributed by atoms with Gasteiger partial charge in [-0.3, -0.25) is 14.9 Å². The molecule has 0 bridgehead atoms. The second-order valence-corrected chi connectivity index (χ2v) is 8.05. The highest BCUT2D eigenvalue weighted by atomic mass is 32.1. The van der Waals surface area contributed by atoms with Crippen molar-refractivity contribution in [1.29, 1.82) is 0 Å². The molecule has 0 aliphatic rings. The number of rotatable bonds is 4. The second-order valence-electron chi connectivity index (χ2n) is 7.02. The Morgan fingerprint density at radius 3 is 2.48 bits per heavy atom. The van der Waals surface area contributed by atoms with Crippen molar-refractivity contribution in [2.24, 2.45) is 0 Å². The lowest BCUT2D eigenvalue weighted by Gasteiger charge is -2.05. The van der Waals surface area contributed by atoms with Crippen molar-refractivity contribution < 1.29 is 9.59 Å². The Balaban J connectivity index is 1.63. The Morgan fingerprint density at radius 2 is 1.76 bits per heavy atom. The molecule has 4 rings (SSSR count). The lowest BCUT2D eigenvalue weighted by Crippen LogP contribution is -2.24. The Kier molecular flexibility index (Phi) is 4.76. The zero-order chi connectivity index (χ0) is 20.7. The fraction of sp³-hybridized carbons (Fsp3) is 0.182. The van der Waals surface area contributed by atoms with Gasteiger partial charge >= 0.3 is 0 Å². The molecule has 4 aromatic rings. The standard InChI is InChI=1S/C22H20N4O2S/c1-12-10-13(2)19-17(11-12)29-22(23-19)24-21(28)20(27)18-14(3)25-26(15(18)4)16-8-6-5-7-9-16/h5-11H,1-4H3,(H,23,24,28). The fourth-order valence-corrected chi connectivity index (χ4v) is 4.52. The van der Waals surface area contributed by atoms with Crippen molar-refractivity contribution in [3.05, 3.63) is 70.5 Å². The first-order valence-corrected chi connectivity index (χ1v) is 10.0. The SMILES string of the molecule is Cc1cc(C)c2nc(NC(=O)C(=O)c3c(C)nn(-c4ccccc4)c3C)sc2c1. The van der Waals surface area contributed by atoms with Gasteiger partial charge in [0.2, 0.25) is 0 Å². The van der Waals surface area contributed by atoms with Gasteiger partial charge in [-0.25, -0.2) is 9.67 Å². The van der Waals surface area contributed by atoms with Crippen molar-refractivity contribution in [2.45, 2.75) is 27.7 Å². The molecule has 0 aliphatic carbocycles. The fourth-order valence-electron chi connectivity index (χ4n) is 3.48. The van der Waals surface area contributed by atoms with Crippen LogP contribution in [0.5, 0.6) is 0 Å². The molecule has 7 heteroatoms. The number of aromatic nitrogens is 3. The lowest BCUT2D eigenvalue weighted by atomic mass is 10.1. The molecule has 2 heterocycles. The van der Waals surface area contributed by atoms with Crippen LogP contribution in [0.4, 0.5) is 5.13 Å². The average Bonchev–Trinajstić information content (AvgIpc) is 3.22. The summed E-state index contributed by atoms with van der Waals surface area (Å²) in [5.41, 5.74) is 5.31. The van der Waals surface area contributed by atoms with Gasteiger partial charge in [-0.2, -0.15) is 5.10 Å². The van der Waals surface area contributed by atoms with Gasteiger partial charge < -0.3 is 0 Å². The molecule has 0 fully saturated rings. The van der Waals surface area contributed by atoms with Crippen LogP contribution < -0.4 is 5.32 Å². The van der Waals surface area contributed by atoms with E-state index in [1.54, 1.807) is 18.5 Å². The van der Waals surface area contributed by atoms with E-state index in [1.165, 1.54) is 11.3 Å². The number of Topliss-reactive ketones (excluding diaryl/α,β-unsaturated/α-hetero) is 1. The van der Waals surface area contributed by atoms with E-state index in [2.05, 4.69) is 15.4 Å². The summed E-state index contributed by atoms with van der Waals surface area (Å²) in [5.74, 6) is -1.33. The Morgan fingerprint density at radius 1 is 1.03 bits per heavy atom. The van der Waals surface area contributed by atoms with Crippen LogP contribution in [0.25, 0.3) is 15.9 Å². The number of nitrogens with one attached hydrogen (secondary N) is 1. The highest BCUT2D eigenvalue weighted by molar-refractivity contribution is 7.22. The molecule has 0 aliphatic heterocycles. The summed E-state index contributed by atoms with van der Waals surface area (Å²) < 4.78 is 2.66. The number of fused-ring (bicyclic) bond motifs is 1. The van der Waals surface area contributed by atoms with E-state index >= 15 is 0 Å². The van der Waals surface area contributed by atoms with Gasteiger partial charge in [0.25, 0.3) is 11.7 Å². The third-order valence-electron chi connectivity index (χ3n) is 4.78. The number of thiazole rings is 1. The van der Waals surface area contributed by atoms with E-state index in [1.807, 2.05) is 56.3 Å². The summed E-state index contributed by atoms with van der Waals surface area (Å²) in [7, 11) is 0. The number of carbonyl (C=O) groups excluding carboxylic acids is 2. The van der Waals surface area contributed by atoms with Crippen LogP contribution in [0.1, 0.15) is 32.9 Å². The molecule has 1 amide bonds. The highest BCUT2D eigenvalue weighted by Gasteiger charge is 2.26. The molecule has 29 heavy (non-hydrogen) atoms. The van der Waals surface area contributed by atoms with Gasteiger partial charge in [0.1, 0.15) is 0 Å².